The van der Waals surface area contributed by atoms with E-state index >= 15 is 0 Å². The maximum atomic E-state index is 5.28. The molecule has 9 heteroatoms. The van der Waals surface area contributed by atoms with Crippen LogP contribution in [0.4, 0.5) is 0 Å². The number of ether oxygens (including phenoxy) is 1. The van der Waals surface area contributed by atoms with Crippen LogP contribution in [0.2, 0.25) is 0 Å². The maximum absolute atomic E-state index is 5.28. The lowest BCUT2D eigenvalue weighted by Gasteiger charge is -2.03. The average molecular weight is 409 g/mol. The van der Waals surface area contributed by atoms with Crippen molar-refractivity contribution in [2.45, 2.75) is 0 Å². The lowest BCUT2D eigenvalue weighted by atomic mass is 10.1. The smallest absolute Gasteiger partial charge is 0.161 e. The number of imidazole rings is 1. The second kappa shape index (κ2) is 6.77. The molecule has 0 bridgehead atoms. The lowest BCUT2D eigenvalue weighted by Crippen LogP contribution is -1.89. The molecule has 0 aliphatic carbocycles. The molecule has 2 N–H and O–H groups in total. The van der Waals surface area contributed by atoms with Gasteiger partial charge in [0.25, 0.3) is 0 Å². The molecule has 0 aliphatic rings. The number of hydrogen-bond donors (Lipinski definition) is 2. The third-order valence-electron chi connectivity index (χ3n) is 5.10. The van der Waals surface area contributed by atoms with E-state index in [1.807, 2.05) is 24.3 Å². The van der Waals surface area contributed by atoms with Crippen LogP contribution in [0.3, 0.4) is 0 Å². The minimum Gasteiger partial charge on any atom is -0.495 e. The van der Waals surface area contributed by atoms with E-state index in [1.54, 1.807) is 44.4 Å². The van der Waals surface area contributed by atoms with Gasteiger partial charge >= 0.3 is 0 Å². The SMILES string of the molecule is COc1cncc(-c2ccc3[nH]nc(-c4nc5c(-c6ccoc6)cncc5[nH]4)c3n2)c1. The highest BCUT2D eigenvalue weighted by atomic mass is 16.5. The number of aromatic nitrogens is 7. The first kappa shape index (κ1) is 17.3. The first-order chi connectivity index (χ1) is 15.3. The van der Waals surface area contributed by atoms with Gasteiger partial charge in [0.2, 0.25) is 0 Å². The molecule has 6 rings (SSSR count). The quantitative estimate of drug-likeness (QED) is 0.447. The number of hydrogen-bond acceptors (Lipinski definition) is 7. The van der Waals surface area contributed by atoms with E-state index in [0.29, 0.717) is 22.8 Å². The zero-order chi connectivity index (χ0) is 20.8. The van der Waals surface area contributed by atoms with Gasteiger partial charge in [-0.15, -0.1) is 0 Å². The number of rotatable bonds is 4. The summed E-state index contributed by atoms with van der Waals surface area (Å²) in [5, 5.41) is 7.49. The number of nitrogens with one attached hydrogen (secondary N) is 2. The topological polar surface area (TPSA) is 118 Å². The highest BCUT2D eigenvalue weighted by molar-refractivity contribution is 5.95. The van der Waals surface area contributed by atoms with E-state index in [4.69, 9.17) is 19.1 Å². The molecule has 0 radical (unpaired) electrons. The Morgan fingerprint density at radius 3 is 2.71 bits per heavy atom. The molecule has 0 fully saturated rings. The average Bonchev–Trinajstić information content (AvgIpc) is 3.57. The van der Waals surface area contributed by atoms with Gasteiger partial charge in [-0.2, -0.15) is 5.10 Å². The summed E-state index contributed by atoms with van der Waals surface area (Å²) in [5.41, 5.74) is 7.14. The molecule has 150 valence electrons. The third-order valence-corrected chi connectivity index (χ3v) is 5.10. The Bertz CT molecular complexity index is 1530. The molecule has 0 aliphatic heterocycles. The Labute approximate surface area is 175 Å². The van der Waals surface area contributed by atoms with Crippen LogP contribution >= 0.6 is 0 Å². The minimum atomic E-state index is 0.604. The number of aromatic amines is 2. The van der Waals surface area contributed by atoms with E-state index in [-0.39, 0.29) is 0 Å². The number of nitrogens with zero attached hydrogens (tertiary/aromatic N) is 5. The molecule has 0 atom stereocenters. The van der Waals surface area contributed by atoms with Crippen LogP contribution in [0.1, 0.15) is 0 Å². The molecule has 6 aromatic rings. The fourth-order valence-electron chi connectivity index (χ4n) is 3.57. The van der Waals surface area contributed by atoms with E-state index in [9.17, 15) is 0 Å². The maximum Gasteiger partial charge on any atom is 0.161 e. The molecular formula is C22H15N7O2. The van der Waals surface area contributed by atoms with Crippen molar-refractivity contribution < 1.29 is 9.15 Å². The molecule has 0 saturated heterocycles. The minimum absolute atomic E-state index is 0.604. The van der Waals surface area contributed by atoms with Gasteiger partial charge in [0.1, 0.15) is 16.8 Å². The number of pyridine rings is 3. The molecular weight excluding hydrogens is 394 g/mol. The van der Waals surface area contributed by atoms with Gasteiger partial charge in [-0.05, 0) is 24.3 Å². The number of H-pyrrole nitrogens is 2. The van der Waals surface area contributed by atoms with Gasteiger partial charge in [-0.1, -0.05) is 0 Å². The zero-order valence-electron chi connectivity index (χ0n) is 16.3. The lowest BCUT2D eigenvalue weighted by molar-refractivity contribution is 0.413. The number of fused-ring (bicyclic) bond motifs is 2. The summed E-state index contributed by atoms with van der Waals surface area (Å²) in [6.07, 6.45) is 10.2. The normalized spacial score (nSPS) is 11.4. The van der Waals surface area contributed by atoms with Crippen molar-refractivity contribution in [2.24, 2.45) is 0 Å². The third kappa shape index (κ3) is 2.83. The molecule has 0 saturated carbocycles. The van der Waals surface area contributed by atoms with Crippen LogP contribution in [-0.4, -0.2) is 42.2 Å². The number of methoxy groups -OCH3 is 1. The fraction of sp³-hybridized carbons (Fsp3) is 0.0455. The van der Waals surface area contributed by atoms with Gasteiger partial charge in [-0.25, -0.2) is 9.97 Å². The van der Waals surface area contributed by atoms with E-state index in [0.717, 1.165) is 38.9 Å². The summed E-state index contributed by atoms with van der Waals surface area (Å²) < 4.78 is 10.5. The van der Waals surface area contributed by atoms with Crippen molar-refractivity contribution in [3.8, 4) is 39.7 Å². The Morgan fingerprint density at radius 1 is 0.903 bits per heavy atom. The highest BCUT2D eigenvalue weighted by Gasteiger charge is 2.17. The summed E-state index contributed by atoms with van der Waals surface area (Å²) in [4.78, 5) is 21.5. The molecule has 0 spiro atoms. The summed E-state index contributed by atoms with van der Waals surface area (Å²) >= 11 is 0. The van der Waals surface area contributed by atoms with Crippen molar-refractivity contribution in [3.05, 3.63) is 61.6 Å². The summed E-state index contributed by atoms with van der Waals surface area (Å²) in [5.74, 6) is 1.27. The molecule has 0 unspecified atom stereocenters. The van der Waals surface area contributed by atoms with Crippen LogP contribution in [0, 0.1) is 0 Å². The van der Waals surface area contributed by atoms with Crippen LogP contribution in [0.15, 0.2) is 66.0 Å². The van der Waals surface area contributed by atoms with Crippen molar-refractivity contribution in [1.29, 1.82) is 0 Å². The van der Waals surface area contributed by atoms with Crippen molar-refractivity contribution in [3.63, 3.8) is 0 Å². The largest absolute Gasteiger partial charge is 0.495 e. The predicted molar refractivity (Wildman–Crippen MR) is 114 cm³/mol. The van der Waals surface area contributed by atoms with Gasteiger partial charge in [0.15, 0.2) is 11.5 Å². The first-order valence-corrected chi connectivity index (χ1v) is 9.51. The Hall–Kier alpha value is -4.53. The van der Waals surface area contributed by atoms with E-state index in [2.05, 4.69) is 25.1 Å². The van der Waals surface area contributed by atoms with Crippen molar-refractivity contribution in [2.75, 3.05) is 7.11 Å². The standard InChI is InChI=1S/C22H15N7O2/c1-30-14-6-13(7-23-8-14)16-2-3-17-20(25-16)21(29-28-17)22-26-18-10-24-9-15(19(18)27-22)12-4-5-31-11-12/h2-11H,1H3,(H,26,27)(H,28,29). The Kier molecular flexibility index (Phi) is 3.79. The molecule has 31 heavy (non-hydrogen) atoms. The first-order valence-electron chi connectivity index (χ1n) is 9.51. The van der Waals surface area contributed by atoms with Crippen LogP contribution < -0.4 is 4.74 Å². The summed E-state index contributed by atoms with van der Waals surface area (Å²) in [7, 11) is 1.61. The van der Waals surface area contributed by atoms with Gasteiger partial charge in [-0.3, -0.25) is 15.1 Å². The van der Waals surface area contributed by atoms with Crippen LogP contribution in [0.25, 0.3) is 56.0 Å². The Morgan fingerprint density at radius 2 is 1.84 bits per heavy atom. The zero-order valence-corrected chi connectivity index (χ0v) is 16.3. The second-order valence-electron chi connectivity index (χ2n) is 6.96. The van der Waals surface area contributed by atoms with Gasteiger partial charge in [0, 0.05) is 29.1 Å². The van der Waals surface area contributed by atoms with Crippen molar-refractivity contribution >= 4 is 22.1 Å². The molecule has 0 amide bonds. The second-order valence-corrected chi connectivity index (χ2v) is 6.96. The Balaban J connectivity index is 1.50. The van der Waals surface area contributed by atoms with Crippen LogP contribution in [-0.2, 0) is 0 Å². The predicted octanol–water partition coefficient (Wildman–Crippen LogP) is 4.23. The monoisotopic (exact) mass is 409 g/mol. The summed E-state index contributed by atoms with van der Waals surface area (Å²) in [6.45, 7) is 0. The number of furan rings is 1. The van der Waals surface area contributed by atoms with Crippen molar-refractivity contribution in [1.82, 2.24) is 35.1 Å². The van der Waals surface area contributed by atoms with E-state index < -0.39 is 0 Å². The van der Waals surface area contributed by atoms with E-state index in [1.165, 1.54) is 0 Å². The summed E-state index contributed by atoms with van der Waals surface area (Å²) in [6, 6.07) is 7.63. The molecule has 6 heterocycles. The van der Waals surface area contributed by atoms with Gasteiger partial charge in [0.05, 0.1) is 48.8 Å². The van der Waals surface area contributed by atoms with Crippen LogP contribution in [0.5, 0.6) is 5.75 Å². The fourth-order valence-corrected chi connectivity index (χ4v) is 3.57. The van der Waals surface area contributed by atoms with Gasteiger partial charge < -0.3 is 14.1 Å². The highest BCUT2D eigenvalue weighted by Crippen LogP contribution is 2.31. The molecule has 6 aromatic heterocycles. The molecule has 0 aromatic carbocycles. The molecule has 9 nitrogen and oxygen atoms in total.